The van der Waals surface area contributed by atoms with Crippen LogP contribution in [0.4, 0.5) is 14.5 Å². The number of fused-ring (bicyclic) bond motifs is 1. The number of aromatic nitrogens is 1. The van der Waals surface area contributed by atoms with Gasteiger partial charge in [0.1, 0.15) is 5.75 Å². The number of nitrogens with zero attached hydrogens (tertiary/aromatic N) is 2. The first-order chi connectivity index (χ1) is 15.8. The predicted octanol–water partition coefficient (Wildman–Crippen LogP) is 4.28. The molecule has 0 atom stereocenters. The predicted molar refractivity (Wildman–Crippen MR) is 128 cm³/mol. The van der Waals surface area contributed by atoms with Crippen LogP contribution in [-0.2, 0) is 13.0 Å². The first-order valence-electron chi connectivity index (χ1n) is 11.6. The molecule has 2 heterocycles. The lowest BCUT2D eigenvalue weighted by Crippen LogP contribution is -2.40. The first kappa shape index (κ1) is 23.2. The standard InChI is InChI=1S/C26H32F2N4O/c1-26(27,28)18-32-21(5-4-14-29-19-8-10-22(33)11-9-19)17-23-24(6-3-7-25(23)32)30-20-12-15-31(2)16-13-20/h6,8-11,17,20,29-30,33H,3,7,12-16,18H2,1-2H3. The van der Waals surface area contributed by atoms with Gasteiger partial charge in [-0.15, -0.1) is 0 Å². The number of piperidine rings is 1. The molecule has 0 saturated carbocycles. The van der Waals surface area contributed by atoms with E-state index in [0.717, 1.165) is 68.3 Å². The van der Waals surface area contributed by atoms with Crippen molar-refractivity contribution < 1.29 is 13.9 Å². The third-order valence-electron chi connectivity index (χ3n) is 6.21. The average Bonchev–Trinajstić information content (AvgIpc) is 3.11. The fourth-order valence-corrected chi connectivity index (χ4v) is 4.49. The van der Waals surface area contributed by atoms with Crippen LogP contribution in [0.25, 0.3) is 5.70 Å². The Bertz CT molecular complexity index is 1050. The molecule has 0 bridgehead atoms. The Kier molecular flexibility index (Phi) is 6.94. The van der Waals surface area contributed by atoms with Gasteiger partial charge in [0, 0.05) is 35.6 Å². The molecule has 0 radical (unpaired) electrons. The summed E-state index contributed by atoms with van der Waals surface area (Å²) in [6.45, 7) is 3.08. The van der Waals surface area contributed by atoms with Gasteiger partial charge in [-0.05, 0) is 82.1 Å². The number of hydrogen-bond donors (Lipinski definition) is 3. The van der Waals surface area contributed by atoms with Crippen LogP contribution in [-0.4, -0.2) is 53.2 Å². The highest BCUT2D eigenvalue weighted by Crippen LogP contribution is 2.31. The summed E-state index contributed by atoms with van der Waals surface area (Å²) in [5.41, 5.74) is 4.44. The number of nitrogens with one attached hydrogen (secondary N) is 2. The number of aromatic hydroxyl groups is 1. The summed E-state index contributed by atoms with van der Waals surface area (Å²) in [5.74, 6) is 3.56. The summed E-state index contributed by atoms with van der Waals surface area (Å²) in [4.78, 5) is 2.33. The summed E-state index contributed by atoms with van der Waals surface area (Å²) in [7, 11) is 2.14. The molecule has 2 aromatic rings. The quantitative estimate of drug-likeness (QED) is 0.451. The second-order valence-electron chi connectivity index (χ2n) is 9.13. The number of allylic oxidation sites excluding steroid dienone is 1. The van der Waals surface area contributed by atoms with Gasteiger partial charge in [-0.2, -0.15) is 0 Å². The van der Waals surface area contributed by atoms with E-state index in [1.54, 1.807) is 28.8 Å². The van der Waals surface area contributed by atoms with E-state index in [4.69, 9.17) is 0 Å². The zero-order chi connectivity index (χ0) is 23.4. The molecule has 1 aliphatic heterocycles. The number of halogens is 2. The van der Waals surface area contributed by atoms with E-state index in [1.165, 1.54) is 0 Å². The molecular formula is C26H32F2N4O. The minimum Gasteiger partial charge on any atom is -0.508 e. The minimum absolute atomic E-state index is 0.202. The van der Waals surface area contributed by atoms with Gasteiger partial charge in [-0.3, -0.25) is 0 Å². The van der Waals surface area contributed by atoms with Crippen molar-refractivity contribution in [2.75, 3.05) is 32.0 Å². The van der Waals surface area contributed by atoms with Gasteiger partial charge in [-0.1, -0.05) is 12.0 Å². The molecular weight excluding hydrogens is 422 g/mol. The summed E-state index contributed by atoms with van der Waals surface area (Å²) in [6, 6.07) is 9.09. The Morgan fingerprint density at radius 2 is 1.91 bits per heavy atom. The number of rotatable bonds is 6. The fourth-order valence-electron chi connectivity index (χ4n) is 4.49. The van der Waals surface area contributed by atoms with Crippen LogP contribution in [0.5, 0.6) is 5.75 Å². The van der Waals surface area contributed by atoms with Crippen LogP contribution in [0.2, 0.25) is 0 Å². The molecule has 176 valence electrons. The first-order valence-corrected chi connectivity index (χ1v) is 11.6. The number of alkyl halides is 2. The normalized spacial score (nSPS) is 17.0. The van der Waals surface area contributed by atoms with Crippen molar-refractivity contribution in [3.05, 3.63) is 53.4 Å². The fraction of sp³-hybridized carbons (Fsp3) is 0.462. The molecule has 33 heavy (non-hydrogen) atoms. The molecule has 1 aromatic carbocycles. The molecule has 1 aromatic heterocycles. The average molecular weight is 455 g/mol. The van der Waals surface area contributed by atoms with Gasteiger partial charge < -0.3 is 25.2 Å². The highest BCUT2D eigenvalue weighted by molar-refractivity contribution is 5.70. The van der Waals surface area contributed by atoms with E-state index < -0.39 is 5.92 Å². The Morgan fingerprint density at radius 3 is 2.61 bits per heavy atom. The van der Waals surface area contributed by atoms with Gasteiger partial charge in [0.05, 0.1) is 18.8 Å². The maximum Gasteiger partial charge on any atom is 0.262 e. The number of phenols is 1. The maximum absolute atomic E-state index is 14.0. The summed E-state index contributed by atoms with van der Waals surface area (Å²) >= 11 is 0. The molecule has 0 unspecified atom stereocenters. The van der Waals surface area contributed by atoms with Crippen molar-refractivity contribution in [1.82, 2.24) is 14.8 Å². The second kappa shape index (κ2) is 9.88. The van der Waals surface area contributed by atoms with Crippen molar-refractivity contribution in [3.8, 4) is 17.6 Å². The van der Waals surface area contributed by atoms with Gasteiger partial charge >= 0.3 is 0 Å². The highest BCUT2D eigenvalue weighted by Gasteiger charge is 2.28. The number of phenolic OH excluding ortho intramolecular Hbond substituents is 1. The minimum atomic E-state index is -2.82. The Morgan fingerprint density at radius 1 is 1.18 bits per heavy atom. The van der Waals surface area contributed by atoms with E-state index >= 15 is 0 Å². The third-order valence-corrected chi connectivity index (χ3v) is 6.21. The third kappa shape index (κ3) is 6.08. The van der Waals surface area contributed by atoms with Crippen LogP contribution in [0, 0.1) is 11.8 Å². The van der Waals surface area contributed by atoms with Crippen molar-refractivity contribution in [2.24, 2.45) is 0 Å². The lowest BCUT2D eigenvalue weighted by Gasteiger charge is -2.31. The highest BCUT2D eigenvalue weighted by atomic mass is 19.3. The summed E-state index contributed by atoms with van der Waals surface area (Å²) in [5, 5.41) is 16.2. The maximum atomic E-state index is 14.0. The van der Waals surface area contributed by atoms with Crippen molar-refractivity contribution >= 4 is 11.4 Å². The molecule has 1 aliphatic carbocycles. The summed E-state index contributed by atoms with van der Waals surface area (Å²) < 4.78 is 29.8. The van der Waals surface area contributed by atoms with E-state index in [2.05, 4.69) is 40.5 Å². The van der Waals surface area contributed by atoms with Crippen molar-refractivity contribution in [1.29, 1.82) is 0 Å². The zero-order valence-corrected chi connectivity index (χ0v) is 19.3. The van der Waals surface area contributed by atoms with Crippen LogP contribution < -0.4 is 10.6 Å². The van der Waals surface area contributed by atoms with E-state index in [1.807, 2.05) is 6.07 Å². The molecule has 5 nitrogen and oxygen atoms in total. The van der Waals surface area contributed by atoms with Gasteiger partial charge in [-0.25, -0.2) is 8.78 Å². The second-order valence-corrected chi connectivity index (χ2v) is 9.13. The number of hydrogen-bond acceptors (Lipinski definition) is 4. The topological polar surface area (TPSA) is 52.5 Å². The Labute approximate surface area is 194 Å². The largest absolute Gasteiger partial charge is 0.508 e. The Balaban J connectivity index is 1.54. The van der Waals surface area contributed by atoms with E-state index in [9.17, 15) is 13.9 Å². The van der Waals surface area contributed by atoms with Crippen LogP contribution >= 0.6 is 0 Å². The summed E-state index contributed by atoms with van der Waals surface area (Å²) in [6.07, 6.45) is 5.91. The molecule has 2 aliphatic rings. The SMILES string of the molecule is CN1CCC(NC2=CCCc3c2cc(C#CCNc2ccc(O)cc2)n3CC(C)(F)F)CC1. The number of benzene rings is 1. The molecule has 7 heteroatoms. The smallest absolute Gasteiger partial charge is 0.262 e. The van der Waals surface area contributed by atoms with Crippen LogP contribution in [0.3, 0.4) is 0 Å². The van der Waals surface area contributed by atoms with Crippen LogP contribution in [0.1, 0.15) is 43.1 Å². The van der Waals surface area contributed by atoms with Crippen molar-refractivity contribution in [2.45, 2.75) is 51.1 Å². The number of likely N-dealkylation sites (tertiary alicyclic amines) is 1. The number of anilines is 1. The lowest BCUT2D eigenvalue weighted by molar-refractivity contribution is 0.00310. The molecule has 3 N–H and O–H groups in total. The van der Waals surface area contributed by atoms with E-state index in [0.29, 0.717) is 18.3 Å². The molecule has 0 amide bonds. The lowest BCUT2D eigenvalue weighted by atomic mass is 9.98. The van der Waals surface area contributed by atoms with Crippen molar-refractivity contribution in [3.63, 3.8) is 0 Å². The monoisotopic (exact) mass is 454 g/mol. The van der Waals surface area contributed by atoms with Gasteiger partial charge in [0.2, 0.25) is 0 Å². The molecule has 1 fully saturated rings. The molecule has 4 rings (SSSR count). The molecule has 1 saturated heterocycles. The van der Waals surface area contributed by atoms with E-state index in [-0.39, 0.29) is 12.3 Å². The van der Waals surface area contributed by atoms with Crippen LogP contribution in [0.15, 0.2) is 36.4 Å². The Hall–Kier alpha value is -2.98. The van der Waals surface area contributed by atoms with Gasteiger partial charge in [0.15, 0.2) is 0 Å². The molecule has 0 spiro atoms. The zero-order valence-electron chi connectivity index (χ0n) is 19.3. The van der Waals surface area contributed by atoms with Gasteiger partial charge in [0.25, 0.3) is 5.92 Å².